The minimum atomic E-state index is 0.506. The van der Waals surface area contributed by atoms with E-state index in [-0.39, 0.29) is 0 Å². The minimum Gasteiger partial charge on any atom is -0.456 e. The van der Waals surface area contributed by atoms with Gasteiger partial charge in [0, 0.05) is 43.7 Å². The van der Waals surface area contributed by atoms with Gasteiger partial charge in [-0.2, -0.15) is 0 Å². The maximum Gasteiger partial charge on any atom is 0.167 e. The third-order valence-corrected chi connectivity index (χ3v) is 11.0. The molecule has 0 atom stereocenters. The fraction of sp³-hybridized carbons (Fsp3) is 0.0192. The van der Waals surface area contributed by atoms with E-state index in [2.05, 4.69) is 108 Å². The van der Waals surface area contributed by atoms with Gasteiger partial charge in [0.05, 0.1) is 16.6 Å². The highest BCUT2D eigenvalue weighted by atomic mass is 16.3. The summed E-state index contributed by atoms with van der Waals surface area (Å²) in [6.07, 6.45) is 3.82. The molecule has 11 aromatic rings. The van der Waals surface area contributed by atoms with E-state index < -0.39 is 0 Å². The highest BCUT2D eigenvalue weighted by molar-refractivity contribution is 6.23. The molecule has 11 rings (SSSR count). The third-order valence-electron chi connectivity index (χ3n) is 11.0. The van der Waals surface area contributed by atoms with Gasteiger partial charge in [-0.25, -0.2) is 15.0 Å². The first-order valence-electron chi connectivity index (χ1n) is 19.3. The summed E-state index contributed by atoms with van der Waals surface area (Å²) in [5.74, 6) is 2.29. The van der Waals surface area contributed by atoms with Crippen LogP contribution >= 0.6 is 0 Å². The van der Waals surface area contributed by atoms with Gasteiger partial charge in [0.25, 0.3) is 0 Å². The number of para-hydroxylation sites is 3. The van der Waals surface area contributed by atoms with Crippen molar-refractivity contribution in [2.24, 2.45) is 0 Å². The Hall–Kier alpha value is -7.83. The molecule has 274 valence electrons. The first-order chi connectivity index (χ1) is 28.6. The number of benzene rings is 7. The molecule has 0 spiro atoms. The summed E-state index contributed by atoms with van der Waals surface area (Å²) in [5, 5.41) is 5.27. The van der Waals surface area contributed by atoms with E-state index in [0.29, 0.717) is 28.8 Å². The van der Waals surface area contributed by atoms with Crippen molar-refractivity contribution in [3.05, 3.63) is 188 Å². The summed E-state index contributed by atoms with van der Waals surface area (Å²) in [6.45, 7) is 6.10. The standard InChI is InChI=1S/C52H34N4O2/c1-3-37-39-24-14-16-26-45(39)57-46(37)29-32(2)50-53-51(34-19-9-5-10-20-34)55-52(54-50)43-31-35(33-17-7-4-8-18-33)30-42-41-28-27-40-38-23-13-15-25-44(38)56(36-21-11-6-12-22-36)47(40)49(41)58-48(42)43/h3-31H,1H2,2H3/b32-29+. The highest BCUT2D eigenvalue weighted by Crippen LogP contribution is 2.44. The molecule has 6 heteroatoms. The number of hydrogen-bond acceptors (Lipinski definition) is 5. The van der Waals surface area contributed by atoms with Crippen molar-refractivity contribution in [2.75, 3.05) is 0 Å². The van der Waals surface area contributed by atoms with E-state index in [1.165, 1.54) is 0 Å². The Morgan fingerprint density at radius 2 is 1.21 bits per heavy atom. The molecule has 0 aliphatic heterocycles. The summed E-state index contributed by atoms with van der Waals surface area (Å²) in [6, 6.07) is 56.2. The van der Waals surface area contributed by atoms with Crippen molar-refractivity contribution in [2.45, 2.75) is 6.92 Å². The lowest BCUT2D eigenvalue weighted by molar-refractivity contribution is 0.603. The summed E-state index contributed by atoms with van der Waals surface area (Å²) in [4.78, 5) is 15.5. The molecule has 0 aliphatic carbocycles. The molecule has 58 heavy (non-hydrogen) atoms. The molecule has 0 fully saturated rings. The van der Waals surface area contributed by atoms with Crippen LogP contribution in [0.15, 0.2) is 179 Å². The normalized spacial score (nSPS) is 12.1. The number of nitrogens with zero attached hydrogens (tertiary/aromatic N) is 4. The Kier molecular flexibility index (Phi) is 7.76. The number of hydrogen-bond donors (Lipinski definition) is 0. The van der Waals surface area contributed by atoms with Crippen LogP contribution in [0.5, 0.6) is 0 Å². The second-order valence-electron chi connectivity index (χ2n) is 14.5. The summed E-state index contributed by atoms with van der Waals surface area (Å²) in [7, 11) is 0. The minimum absolute atomic E-state index is 0.506. The van der Waals surface area contributed by atoms with Crippen molar-refractivity contribution in [1.29, 1.82) is 0 Å². The summed E-state index contributed by atoms with van der Waals surface area (Å²) in [5.41, 5.74) is 11.0. The topological polar surface area (TPSA) is 69.9 Å². The van der Waals surface area contributed by atoms with E-state index in [0.717, 1.165) is 88.2 Å². The Labute approximate surface area is 333 Å². The van der Waals surface area contributed by atoms with Crippen molar-refractivity contribution in [1.82, 2.24) is 19.5 Å². The summed E-state index contributed by atoms with van der Waals surface area (Å²) < 4.78 is 15.8. The lowest BCUT2D eigenvalue weighted by atomic mass is 9.98. The van der Waals surface area contributed by atoms with E-state index >= 15 is 0 Å². The van der Waals surface area contributed by atoms with Crippen molar-refractivity contribution in [3.8, 4) is 39.6 Å². The zero-order valence-electron chi connectivity index (χ0n) is 31.6. The molecule has 0 saturated carbocycles. The Balaban J connectivity index is 1.21. The van der Waals surface area contributed by atoms with Gasteiger partial charge in [-0.3, -0.25) is 0 Å². The second kappa shape index (κ2) is 13.4. The van der Waals surface area contributed by atoms with E-state index in [4.69, 9.17) is 23.8 Å². The van der Waals surface area contributed by atoms with Crippen LogP contribution in [0.4, 0.5) is 0 Å². The maximum absolute atomic E-state index is 7.18. The smallest absolute Gasteiger partial charge is 0.167 e. The number of rotatable bonds is 7. The zero-order chi connectivity index (χ0) is 38.7. The molecule has 0 radical (unpaired) electrons. The van der Waals surface area contributed by atoms with Gasteiger partial charge >= 0.3 is 0 Å². The average Bonchev–Trinajstić information content (AvgIpc) is 3.96. The predicted molar refractivity (Wildman–Crippen MR) is 238 cm³/mol. The van der Waals surface area contributed by atoms with Crippen molar-refractivity contribution >= 4 is 72.4 Å². The van der Waals surface area contributed by atoms with E-state index in [1.807, 2.05) is 85.8 Å². The lowest BCUT2D eigenvalue weighted by Crippen LogP contribution is -2.02. The van der Waals surface area contributed by atoms with Gasteiger partial charge in [-0.1, -0.05) is 134 Å². The molecule has 7 aromatic carbocycles. The molecular formula is C52H34N4O2. The number of allylic oxidation sites excluding steroid dienone is 1. The number of aromatic nitrogens is 4. The Morgan fingerprint density at radius 3 is 1.98 bits per heavy atom. The molecule has 4 aromatic heterocycles. The fourth-order valence-corrected chi connectivity index (χ4v) is 8.24. The quantitative estimate of drug-likeness (QED) is 0.162. The predicted octanol–water partition coefficient (Wildman–Crippen LogP) is 13.8. The van der Waals surface area contributed by atoms with Crippen LogP contribution in [0.1, 0.15) is 24.1 Å². The monoisotopic (exact) mass is 746 g/mol. The maximum atomic E-state index is 7.18. The molecule has 0 bridgehead atoms. The Morgan fingerprint density at radius 1 is 0.552 bits per heavy atom. The SMILES string of the molecule is C=Cc1c(/C=C(\C)c2nc(-c3ccccc3)nc(-c3cc(-c4ccccc4)cc4c3oc3c4ccc4c5ccccc5n(-c5ccccc5)c43)n2)oc2ccccc12. The number of fused-ring (bicyclic) bond motifs is 8. The number of furan rings is 2. The van der Waals surface area contributed by atoms with Crippen molar-refractivity contribution < 1.29 is 8.83 Å². The van der Waals surface area contributed by atoms with Gasteiger partial charge in [0.1, 0.15) is 16.9 Å². The van der Waals surface area contributed by atoms with Crippen LogP contribution in [0, 0.1) is 0 Å². The van der Waals surface area contributed by atoms with Crippen LogP contribution in [0.25, 0.3) is 112 Å². The average molecular weight is 747 g/mol. The zero-order valence-corrected chi connectivity index (χ0v) is 31.6. The van der Waals surface area contributed by atoms with E-state index in [9.17, 15) is 0 Å². The largest absolute Gasteiger partial charge is 0.456 e. The van der Waals surface area contributed by atoms with E-state index in [1.54, 1.807) is 0 Å². The van der Waals surface area contributed by atoms with Gasteiger partial charge < -0.3 is 13.4 Å². The van der Waals surface area contributed by atoms with Gasteiger partial charge in [0.2, 0.25) is 0 Å². The van der Waals surface area contributed by atoms with Gasteiger partial charge in [0.15, 0.2) is 23.1 Å². The Bertz CT molecular complexity index is 3410. The van der Waals surface area contributed by atoms with Gasteiger partial charge in [-0.15, -0.1) is 0 Å². The first-order valence-corrected chi connectivity index (χ1v) is 19.3. The van der Waals surface area contributed by atoms with Crippen molar-refractivity contribution in [3.63, 3.8) is 0 Å². The van der Waals surface area contributed by atoms with Crippen LogP contribution in [-0.4, -0.2) is 19.5 Å². The summed E-state index contributed by atoms with van der Waals surface area (Å²) >= 11 is 0. The molecule has 4 heterocycles. The van der Waals surface area contributed by atoms with Gasteiger partial charge in [-0.05, 0) is 72.2 Å². The molecule has 0 aliphatic rings. The van der Waals surface area contributed by atoms with Crippen LogP contribution in [-0.2, 0) is 0 Å². The van der Waals surface area contributed by atoms with Crippen LogP contribution in [0.3, 0.4) is 0 Å². The fourth-order valence-electron chi connectivity index (χ4n) is 8.24. The molecule has 0 unspecified atom stereocenters. The lowest BCUT2D eigenvalue weighted by Gasteiger charge is -2.11. The second-order valence-corrected chi connectivity index (χ2v) is 14.5. The molecule has 0 N–H and O–H groups in total. The molecule has 6 nitrogen and oxygen atoms in total. The third kappa shape index (κ3) is 5.38. The highest BCUT2D eigenvalue weighted by Gasteiger charge is 2.23. The molecule has 0 saturated heterocycles. The molecular weight excluding hydrogens is 713 g/mol. The van der Waals surface area contributed by atoms with Crippen LogP contribution in [0.2, 0.25) is 0 Å². The van der Waals surface area contributed by atoms with Crippen LogP contribution < -0.4 is 0 Å². The first kappa shape index (κ1) is 33.5. The molecule has 0 amide bonds.